The Morgan fingerprint density at radius 1 is 0.500 bits per heavy atom. The van der Waals surface area contributed by atoms with E-state index in [0.29, 0.717) is 0 Å². The molecule has 6 rings (SSSR count). The van der Waals surface area contributed by atoms with Crippen LogP contribution in [-0.4, -0.2) is 19.0 Å². The van der Waals surface area contributed by atoms with E-state index < -0.39 is 89.5 Å². The minimum atomic E-state index is -3.66. The molecular weight excluding hydrogens is 712 g/mol. The maximum Gasteiger partial charge on any atom is 0.200 e. The van der Waals surface area contributed by atoms with Crippen molar-refractivity contribution < 1.29 is 43.9 Å². The number of rotatable bonds is 6. The highest BCUT2D eigenvalue weighted by Gasteiger charge is 2.39. The van der Waals surface area contributed by atoms with E-state index in [0.717, 1.165) is 60.9 Å². The Kier molecular flexibility index (Phi) is 10.2. The maximum atomic E-state index is 15.6. The molecule has 0 N–H and O–H groups in total. The molecular formula is C40H33BF10P-. The molecule has 0 bridgehead atoms. The highest BCUT2D eigenvalue weighted by molar-refractivity contribution is 7.66. The first-order valence-corrected chi connectivity index (χ1v) is 18.4. The van der Waals surface area contributed by atoms with Crippen molar-refractivity contribution in [1.82, 2.24) is 0 Å². The molecule has 0 saturated carbocycles. The van der Waals surface area contributed by atoms with Gasteiger partial charge in [0.1, 0.15) is 23.3 Å². The van der Waals surface area contributed by atoms with Gasteiger partial charge in [-0.1, -0.05) is 74.1 Å². The quantitative estimate of drug-likeness (QED) is 0.0534. The number of hydrogen-bond donors (Lipinski definition) is 0. The van der Waals surface area contributed by atoms with Gasteiger partial charge in [-0.3, -0.25) is 0 Å². The van der Waals surface area contributed by atoms with Crippen LogP contribution in [0.15, 0.2) is 42.5 Å². The molecule has 1 fully saturated rings. The SMILES string of the molecule is Cc1cc(C)c(-c2cccc(-c3c(C)cc(C)cc3C)c2P2CC[C@@H]([BH-](c3c(F)c(F)c(F)c(F)c3F)c3c(F)c(F)c(F)c(F)c3F)C2)c(C)c1. The summed E-state index contributed by atoms with van der Waals surface area (Å²) in [6.07, 6.45) is 0.189. The number of aryl methyl sites for hydroxylation is 6. The molecule has 52 heavy (non-hydrogen) atoms. The Hall–Kier alpha value is -4.11. The zero-order valence-electron chi connectivity index (χ0n) is 29.2. The summed E-state index contributed by atoms with van der Waals surface area (Å²) in [5, 5.41) is 0.859. The Morgan fingerprint density at radius 3 is 1.17 bits per heavy atom. The Labute approximate surface area is 296 Å². The van der Waals surface area contributed by atoms with Gasteiger partial charge in [0, 0.05) is 0 Å². The molecule has 0 aromatic heterocycles. The fourth-order valence-electron chi connectivity index (χ4n) is 8.59. The molecule has 272 valence electrons. The van der Waals surface area contributed by atoms with Gasteiger partial charge in [0.2, 0.25) is 0 Å². The largest absolute Gasteiger partial charge is 0.207 e. The summed E-state index contributed by atoms with van der Waals surface area (Å²) in [7, 11) is -1.42. The number of benzene rings is 5. The first kappa shape index (κ1) is 37.6. The van der Waals surface area contributed by atoms with E-state index in [2.05, 4.69) is 0 Å². The minimum absolute atomic E-state index is 0.0454. The Balaban J connectivity index is 1.62. The average Bonchev–Trinajstić information content (AvgIpc) is 3.56. The third kappa shape index (κ3) is 6.12. The van der Waals surface area contributed by atoms with E-state index in [1.165, 1.54) is 0 Å². The zero-order chi connectivity index (χ0) is 38.1. The standard InChI is InChI=1S/C40H33BF10P/c1-17-12-19(3)26(20(4)13-17)24-8-7-9-25(27-21(5)14-18(2)15-22(27)6)40(24)52-11-10-23(16-52)41(28-30(42)34(46)38(50)35(47)31(28)43)29-32(44)36(48)39(51)37(49)33(29)45/h7-9,12-15,23,41H,10-11,16H2,1-6H3/q-1/t23-,52?/m1/s1. The second-order valence-corrected chi connectivity index (χ2v) is 16.4. The van der Waals surface area contributed by atoms with Crippen molar-refractivity contribution >= 4 is 30.9 Å². The summed E-state index contributed by atoms with van der Waals surface area (Å²) >= 11 is 0. The molecule has 2 atom stereocenters. The molecule has 5 aromatic carbocycles. The minimum Gasteiger partial charge on any atom is -0.207 e. The van der Waals surface area contributed by atoms with Crippen LogP contribution in [0.3, 0.4) is 0 Å². The van der Waals surface area contributed by atoms with Gasteiger partial charge in [-0.15, -0.1) is 10.9 Å². The molecule has 12 heteroatoms. The van der Waals surface area contributed by atoms with Crippen LogP contribution in [0.4, 0.5) is 43.9 Å². The van der Waals surface area contributed by atoms with E-state index in [-0.39, 0.29) is 18.7 Å². The first-order chi connectivity index (χ1) is 24.5. The van der Waals surface area contributed by atoms with Gasteiger partial charge in [-0.05, 0) is 97.5 Å². The highest BCUT2D eigenvalue weighted by Crippen LogP contribution is 2.53. The number of halogens is 10. The van der Waals surface area contributed by atoms with Crippen LogP contribution in [0.5, 0.6) is 0 Å². The van der Waals surface area contributed by atoms with E-state index in [9.17, 15) is 26.3 Å². The second kappa shape index (κ2) is 14.0. The zero-order valence-corrected chi connectivity index (χ0v) is 30.1. The summed E-state index contributed by atoms with van der Waals surface area (Å²) in [5.41, 5.74) is 6.34. The molecule has 0 amide bonds. The lowest BCUT2D eigenvalue weighted by Crippen LogP contribution is -2.53. The summed E-state index contributed by atoms with van der Waals surface area (Å²) in [4.78, 5) is 0. The lowest BCUT2D eigenvalue weighted by molar-refractivity contribution is 0.381. The normalized spacial score (nSPS) is 16.0. The van der Waals surface area contributed by atoms with Gasteiger partial charge in [0.05, 0.1) is 6.71 Å². The molecule has 1 aliphatic heterocycles. The summed E-state index contributed by atoms with van der Waals surface area (Å²) < 4.78 is 149. The molecule has 1 unspecified atom stereocenters. The third-order valence-electron chi connectivity index (χ3n) is 10.5. The van der Waals surface area contributed by atoms with Gasteiger partial charge < -0.3 is 0 Å². The van der Waals surface area contributed by atoms with Crippen molar-refractivity contribution in [1.29, 1.82) is 0 Å². The topological polar surface area (TPSA) is 0 Å². The van der Waals surface area contributed by atoms with Gasteiger partial charge in [-0.25, -0.2) is 43.9 Å². The van der Waals surface area contributed by atoms with Crippen LogP contribution in [0, 0.1) is 99.7 Å². The van der Waals surface area contributed by atoms with Crippen molar-refractivity contribution in [3.8, 4) is 22.3 Å². The van der Waals surface area contributed by atoms with Crippen molar-refractivity contribution in [3.05, 3.63) is 134 Å². The Morgan fingerprint density at radius 2 is 0.827 bits per heavy atom. The smallest absolute Gasteiger partial charge is 0.200 e. The van der Waals surface area contributed by atoms with Crippen LogP contribution < -0.4 is 16.2 Å². The highest BCUT2D eigenvalue weighted by atomic mass is 31.1. The first-order valence-electron chi connectivity index (χ1n) is 16.7. The van der Waals surface area contributed by atoms with Gasteiger partial charge >= 0.3 is 0 Å². The predicted molar refractivity (Wildman–Crippen MR) is 189 cm³/mol. The van der Waals surface area contributed by atoms with Crippen LogP contribution in [0.2, 0.25) is 5.82 Å². The number of hydrogen-bond acceptors (Lipinski definition) is 0. The fourth-order valence-corrected chi connectivity index (χ4v) is 12.0. The lowest BCUT2D eigenvalue weighted by Gasteiger charge is -2.34. The Bertz CT molecular complexity index is 2040. The van der Waals surface area contributed by atoms with Gasteiger partial charge in [0.15, 0.2) is 34.9 Å². The van der Waals surface area contributed by atoms with Crippen LogP contribution in [0.1, 0.15) is 39.8 Å². The molecule has 1 aliphatic rings. The summed E-state index contributed by atoms with van der Waals surface area (Å²) in [6.45, 7) is 8.13. The van der Waals surface area contributed by atoms with Crippen molar-refractivity contribution in [2.24, 2.45) is 0 Å². The van der Waals surface area contributed by atoms with Crippen LogP contribution in [-0.2, 0) is 0 Å². The fraction of sp³-hybridized carbons (Fsp3) is 0.250. The molecule has 0 radical (unpaired) electrons. The van der Waals surface area contributed by atoms with Crippen LogP contribution in [0.25, 0.3) is 22.3 Å². The molecule has 5 aromatic rings. The maximum absolute atomic E-state index is 15.6. The average molecular weight is 745 g/mol. The van der Waals surface area contributed by atoms with Gasteiger partial charge in [0.25, 0.3) is 0 Å². The van der Waals surface area contributed by atoms with E-state index in [4.69, 9.17) is 0 Å². The molecule has 0 aliphatic carbocycles. The third-order valence-corrected chi connectivity index (χ3v) is 13.3. The van der Waals surface area contributed by atoms with E-state index >= 15 is 17.6 Å². The summed E-state index contributed by atoms with van der Waals surface area (Å²) in [5.74, 6) is -25.2. The van der Waals surface area contributed by atoms with E-state index in [1.54, 1.807) is 0 Å². The van der Waals surface area contributed by atoms with Crippen LogP contribution >= 0.6 is 7.92 Å². The lowest BCUT2D eigenvalue weighted by atomic mass is 9.33. The van der Waals surface area contributed by atoms with Crippen molar-refractivity contribution in [2.75, 3.05) is 12.3 Å². The molecule has 1 heterocycles. The molecule has 0 spiro atoms. The monoisotopic (exact) mass is 745 g/mol. The molecule has 0 nitrogen and oxygen atoms in total. The van der Waals surface area contributed by atoms with Gasteiger partial charge in [-0.2, -0.15) is 5.82 Å². The van der Waals surface area contributed by atoms with Crippen molar-refractivity contribution in [2.45, 2.75) is 53.8 Å². The van der Waals surface area contributed by atoms with Crippen molar-refractivity contribution in [3.63, 3.8) is 0 Å². The summed E-state index contributed by atoms with van der Waals surface area (Å²) in [6, 6.07) is 13.9. The van der Waals surface area contributed by atoms with E-state index in [1.807, 2.05) is 84.0 Å². The second-order valence-electron chi connectivity index (χ2n) is 14.0. The predicted octanol–water partition coefficient (Wildman–Crippen LogP) is 10.2. The molecule has 1 saturated heterocycles.